The van der Waals surface area contributed by atoms with E-state index in [2.05, 4.69) is 10.6 Å². The summed E-state index contributed by atoms with van der Waals surface area (Å²) >= 11 is 0. The van der Waals surface area contributed by atoms with Gasteiger partial charge in [-0.2, -0.15) is 0 Å². The van der Waals surface area contributed by atoms with Crippen LogP contribution < -0.4 is 16.4 Å². The molecule has 2 atom stereocenters. The maximum atomic E-state index is 11.9. The number of carbonyl (C=O) groups is 2. The third kappa shape index (κ3) is 4.29. The number of rotatable bonds is 5. The second-order valence-corrected chi connectivity index (χ2v) is 5.62. The van der Waals surface area contributed by atoms with Crippen molar-refractivity contribution in [3.63, 3.8) is 0 Å². The molecule has 1 aliphatic rings. The van der Waals surface area contributed by atoms with Gasteiger partial charge in [-0.1, -0.05) is 18.6 Å². The topological polar surface area (TPSA) is 84.2 Å². The van der Waals surface area contributed by atoms with Gasteiger partial charge in [0.05, 0.1) is 0 Å². The molecule has 2 amide bonds. The van der Waals surface area contributed by atoms with Crippen molar-refractivity contribution in [2.75, 3.05) is 7.05 Å². The van der Waals surface area contributed by atoms with Crippen LogP contribution in [0.2, 0.25) is 0 Å². The van der Waals surface area contributed by atoms with Gasteiger partial charge in [-0.3, -0.25) is 9.59 Å². The predicted octanol–water partition coefficient (Wildman–Crippen LogP) is 1.18. The smallest absolute Gasteiger partial charge is 0.251 e. The van der Waals surface area contributed by atoms with Crippen LogP contribution in [0, 0.1) is 5.92 Å². The molecule has 1 saturated carbocycles. The molecule has 0 heterocycles. The van der Waals surface area contributed by atoms with Crippen molar-refractivity contribution in [2.45, 2.75) is 38.3 Å². The second kappa shape index (κ2) is 7.22. The summed E-state index contributed by atoms with van der Waals surface area (Å²) in [6.07, 6.45) is 3.68. The van der Waals surface area contributed by atoms with Crippen LogP contribution in [-0.2, 0) is 11.3 Å². The van der Waals surface area contributed by atoms with E-state index in [0.29, 0.717) is 24.4 Å². The SMILES string of the molecule is CNC(=O)c1cccc(CNC(=O)C[C@@H]2CCC[C@H]2N)c1. The summed E-state index contributed by atoms with van der Waals surface area (Å²) in [4.78, 5) is 23.5. The summed E-state index contributed by atoms with van der Waals surface area (Å²) in [5.41, 5.74) is 7.49. The van der Waals surface area contributed by atoms with Crippen LogP contribution >= 0.6 is 0 Å². The first-order valence-corrected chi connectivity index (χ1v) is 7.43. The Bertz CT molecular complexity index is 516. The average Bonchev–Trinajstić information content (AvgIpc) is 2.90. The molecule has 114 valence electrons. The molecular weight excluding hydrogens is 266 g/mol. The Balaban J connectivity index is 1.85. The van der Waals surface area contributed by atoms with Crippen LogP contribution in [0.4, 0.5) is 0 Å². The standard InChI is InChI=1S/C16H23N3O2/c1-18-16(21)13-6-2-4-11(8-13)10-19-15(20)9-12-5-3-7-14(12)17/h2,4,6,8,12,14H,3,5,7,9-10,17H2,1H3,(H,18,21)(H,19,20)/t12-,14+/m0/s1. The molecule has 21 heavy (non-hydrogen) atoms. The Labute approximate surface area is 125 Å². The lowest BCUT2D eigenvalue weighted by molar-refractivity contribution is -0.122. The first-order valence-electron chi connectivity index (χ1n) is 7.43. The molecule has 0 aromatic heterocycles. The molecule has 4 N–H and O–H groups in total. The van der Waals surface area contributed by atoms with E-state index in [1.54, 1.807) is 19.2 Å². The minimum absolute atomic E-state index is 0.0303. The van der Waals surface area contributed by atoms with Gasteiger partial charge in [0.25, 0.3) is 5.91 Å². The summed E-state index contributed by atoms with van der Waals surface area (Å²) in [5, 5.41) is 5.49. The summed E-state index contributed by atoms with van der Waals surface area (Å²) < 4.78 is 0. The Morgan fingerprint density at radius 3 is 2.81 bits per heavy atom. The third-order valence-electron chi connectivity index (χ3n) is 4.07. The van der Waals surface area contributed by atoms with Gasteiger partial charge in [-0.25, -0.2) is 0 Å². The van der Waals surface area contributed by atoms with Gasteiger partial charge in [-0.15, -0.1) is 0 Å². The first kappa shape index (κ1) is 15.5. The number of amides is 2. The summed E-state index contributed by atoms with van der Waals surface area (Å²) in [7, 11) is 1.60. The maximum absolute atomic E-state index is 11.9. The Morgan fingerprint density at radius 2 is 2.14 bits per heavy atom. The molecule has 0 saturated heterocycles. The maximum Gasteiger partial charge on any atom is 0.251 e. The van der Waals surface area contributed by atoms with Crippen molar-refractivity contribution in [1.29, 1.82) is 0 Å². The number of nitrogens with one attached hydrogen (secondary N) is 2. The second-order valence-electron chi connectivity index (χ2n) is 5.62. The number of benzene rings is 1. The molecule has 0 spiro atoms. The van der Waals surface area contributed by atoms with E-state index in [1.165, 1.54) is 0 Å². The first-order chi connectivity index (χ1) is 10.1. The highest BCUT2D eigenvalue weighted by atomic mass is 16.2. The number of carbonyl (C=O) groups excluding carboxylic acids is 2. The quantitative estimate of drug-likeness (QED) is 0.761. The van der Waals surface area contributed by atoms with Crippen LogP contribution in [-0.4, -0.2) is 24.9 Å². The van der Waals surface area contributed by atoms with Crippen molar-refractivity contribution in [1.82, 2.24) is 10.6 Å². The highest BCUT2D eigenvalue weighted by Gasteiger charge is 2.25. The van der Waals surface area contributed by atoms with Crippen LogP contribution in [0.1, 0.15) is 41.6 Å². The van der Waals surface area contributed by atoms with Crippen molar-refractivity contribution in [3.8, 4) is 0 Å². The molecule has 2 rings (SSSR count). The summed E-state index contributed by atoms with van der Waals surface area (Å²) in [5.74, 6) is 0.213. The highest BCUT2D eigenvalue weighted by molar-refractivity contribution is 5.94. The molecule has 0 unspecified atom stereocenters. The molecular formula is C16H23N3O2. The fraction of sp³-hybridized carbons (Fsp3) is 0.500. The van der Waals surface area contributed by atoms with Crippen LogP contribution in [0.25, 0.3) is 0 Å². The fourth-order valence-corrected chi connectivity index (χ4v) is 2.80. The van der Waals surface area contributed by atoms with Gasteiger partial charge >= 0.3 is 0 Å². The van der Waals surface area contributed by atoms with Crippen LogP contribution in [0.15, 0.2) is 24.3 Å². The van der Waals surface area contributed by atoms with Crippen molar-refractivity contribution in [3.05, 3.63) is 35.4 Å². The van der Waals surface area contributed by atoms with E-state index in [1.807, 2.05) is 12.1 Å². The van der Waals surface area contributed by atoms with E-state index in [9.17, 15) is 9.59 Å². The normalized spacial score (nSPS) is 21.0. The molecule has 0 aliphatic heterocycles. The fourth-order valence-electron chi connectivity index (χ4n) is 2.80. The van der Waals surface area contributed by atoms with E-state index in [-0.39, 0.29) is 17.9 Å². The molecule has 1 aromatic carbocycles. The van der Waals surface area contributed by atoms with Crippen molar-refractivity contribution < 1.29 is 9.59 Å². The van der Waals surface area contributed by atoms with Gasteiger partial charge in [0.2, 0.25) is 5.91 Å². The molecule has 5 heteroatoms. The predicted molar refractivity (Wildman–Crippen MR) is 81.6 cm³/mol. The minimum Gasteiger partial charge on any atom is -0.355 e. The van der Waals surface area contributed by atoms with Gasteiger partial charge in [-0.05, 0) is 36.5 Å². The lowest BCUT2D eigenvalue weighted by Crippen LogP contribution is -2.31. The molecule has 5 nitrogen and oxygen atoms in total. The number of hydrogen-bond acceptors (Lipinski definition) is 3. The van der Waals surface area contributed by atoms with Gasteiger partial charge in [0.1, 0.15) is 0 Å². The molecule has 0 radical (unpaired) electrons. The van der Waals surface area contributed by atoms with E-state index in [4.69, 9.17) is 5.73 Å². The lowest BCUT2D eigenvalue weighted by Gasteiger charge is -2.14. The largest absolute Gasteiger partial charge is 0.355 e. The Morgan fingerprint density at radius 1 is 1.33 bits per heavy atom. The Hall–Kier alpha value is -1.88. The van der Waals surface area contributed by atoms with Gasteiger partial charge in [0, 0.05) is 31.6 Å². The zero-order chi connectivity index (χ0) is 15.2. The molecule has 0 bridgehead atoms. The van der Waals surface area contributed by atoms with Crippen LogP contribution in [0.5, 0.6) is 0 Å². The average molecular weight is 289 g/mol. The monoisotopic (exact) mass is 289 g/mol. The third-order valence-corrected chi connectivity index (χ3v) is 4.07. The highest BCUT2D eigenvalue weighted by Crippen LogP contribution is 2.26. The summed E-state index contributed by atoms with van der Waals surface area (Å²) in [6, 6.07) is 7.42. The van der Waals surface area contributed by atoms with E-state index < -0.39 is 0 Å². The minimum atomic E-state index is -0.125. The zero-order valence-corrected chi connectivity index (χ0v) is 12.4. The van der Waals surface area contributed by atoms with E-state index >= 15 is 0 Å². The molecule has 1 fully saturated rings. The van der Waals surface area contributed by atoms with Gasteiger partial charge < -0.3 is 16.4 Å². The number of hydrogen-bond donors (Lipinski definition) is 3. The molecule has 1 aromatic rings. The Kier molecular flexibility index (Phi) is 5.33. The zero-order valence-electron chi connectivity index (χ0n) is 12.4. The van der Waals surface area contributed by atoms with E-state index in [0.717, 1.165) is 24.8 Å². The summed E-state index contributed by atoms with van der Waals surface area (Å²) in [6.45, 7) is 0.436. The van der Waals surface area contributed by atoms with Crippen molar-refractivity contribution in [2.24, 2.45) is 11.7 Å². The van der Waals surface area contributed by atoms with Crippen LogP contribution in [0.3, 0.4) is 0 Å². The lowest BCUT2D eigenvalue weighted by atomic mass is 10.00. The molecule has 1 aliphatic carbocycles. The number of nitrogens with two attached hydrogens (primary N) is 1. The van der Waals surface area contributed by atoms with Crippen molar-refractivity contribution >= 4 is 11.8 Å². The van der Waals surface area contributed by atoms with Gasteiger partial charge in [0.15, 0.2) is 0 Å².